The predicted octanol–water partition coefficient (Wildman–Crippen LogP) is 1.20. The second-order valence-corrected chi connectivity index (χ2v) is 4.19. The van der Waals surface area contributed by atoms with Crippen LogP contribution in [0.1, 0.15) is 12.5 Å². The Morgan fingerprint density at radius 3 is 2.94 bits per heavy atom. The van der Waals surface area contributed by atoms with Crippen LogP contribution in [0.3, 0.4) is 0 Å². The number of hydrogen-bond donors (Lipinski definition) is 2. The van der Waals surface area contributed by atoms with Crippen molar-refractivity contribution < 1.29 is 9.18 Å². The number of imidazole rings is 1. The number of anilines is 1. The summed E-state index contributed by atoms with van der Waals surface area (Å²) in [5.41, 5.74) is 7.63. The highest BCUT2D eigenvalue weighted by Gasteiger charge is 2.10. The van der Waals surface area contributed by atoms with Crippen LogP contribution in [0.4, 0.5) is 10.3 Å². The van der Waals surface area contributed by atoms with Crippen molar-refractivity contribution in [3.05, 3.63) is 23.5 Å². The molecule has 0 aliphatic rings. The summed E-state index contributed by atoms with van der Waals surface area (Å²) < 4.78 is 15.2. The lowest BCUT2D eigenvalue weighted by Crippen LogP contribution is -2.24. The molecule has 0 spiro atoms. The monoisotopic (exact) mass is 250 g/mol. The SMILES string of the molecule is CC(=O)NCCn1c(N)nc2cc(F)c(C)cc21. The number of aromatic nitrogens is 2. The van der Waals surface area contributed by atoms with E-state index in [0.29, 0.717) is 30.1 Å². The highest BCUT2D eigenvalue weighted by Crippen LogP contribution is 2.21. The first kappa shape index (κ1) is 12.3. The fraction of sp³-hybridized carbons (Fsp3) is 0.333. The fourth-order valence-electron chi connectivity index (χ4n) is 1.85. The first-order valence-corrected chi connectivity index (χ1v) is 5.65. The third kappa shape index (κ3) is 2.27. The van der Waals surface area contributed by atoms with Gasteiger partial charge in [0.15, 0.2) is 0 Å². The predicted molar refractivity (Wildman–Crippen MR) is 67.5 cm³/mol. The molecule has 1 amide bonds. The number of nitrogens with zero attached hydrogens (tertiary/aromatic N) is 2. The second-order valence-electron chi connectivity index (χ2n) is 4.19. The van der Waals surface area contributed by atoms with Crippen molar-refractivity contribution >= 4 is 22.9 Å². The molecular formula is C12H15FN4O. The first-order chi connectivity index (χ1) is 8.49. The minimum absolute atomic E-state index is 0.0970. The summed E-state index contributed by atoms with van der Waals surface area (Å²) in [6, 6.07) is 3.08. The van der Waals surface area contributed by atoms with Crippen molar-refractivity contribution in [2.24, 2.45) is 0 Å². The van der Waals surface area contributed by atoms with Gasteiger partial charge in [0.2, 0.25) is 11.9 Å². The highest BCUT2D eigenvalue weighted by molar-refractivity contribution is 5.79. The average Bonchev–Trinajstić information content (AvgIpc) is 2.56. The van der Waals surface area contributed by atoms with E-state index < -0.39 is 0 Å². The van der Waals surface area contributed by atoms with E-state index in [4.69, 9.17) is 5.73 Å². The Morgan fingerprint density at radius 1 is 1.56 bits per heavy atom. The van der Waals surface area contributed by atoms with E-state index in [1.54, 1.807) is 17.6 Å². The molecule has 18 heavy (non-hydrogen) atoms. The number of aryl methyl sites for hydroxylation is 1. The number of benzene rings is 1. The molecule has 2 rings (SSSR count). The van der Waals surface area contributed by atoms with Gasteiger partial charge in [0, 0.05) is 26.1 Å². The van der Waals surface area contributed by atoms with Gasteiger partial charge in [-0.1, -0.05) is 0 Å². The van der Waals surface area contributed by atoms with Crippen LogP contribution >= 0.6 is 0 Å². The summed E-state index contributed by atoms with van der Waals surface area (Å²) in [4.78, 5) is 14.9. The third-order valence-corrected chi connectivity index (χ3v) is 2.77. The molecule has 0 saturated heterocycles. The van der Waals surface area contributed by atoms with Gasteiger partial charge in [-0.25, -0.2) is 9.37 Å². The van der Waals surface area contributed by atoms with Gasteiger partial charge in [0.05, 0.1) is 11.0 Å². The van der Waals surface area contributed by atoms with Crippen molar-refractivity contribution in [2.45, 2.75) is 20.4 Å². The zero-order valence-corrected chi connectivity index (χ0v) is 10.3. The number of fused-ring (bicyclic) bond motifs is 1. The second kappa shape index (κ2) is 4.64. The highest BCUT2D eigenvalue weighted by atomic mass is 19.1. The number of carbonyl (C=O) groups excluding carboxylic acids is 1. The number of halogens is 1. The van der Waals surface area contributed by atoms with Crippen molar-refractivity contribution in [1.82, 2.24) is 14.9 Å². The van der Waals surface area contributed by atoms with E-state index >= 15 is 0 Å². The zero-order chi connectivity index (χ0) is 13.3. The van der Waals surface area contributed by atoms with E-state index in [1.165, 1.54) is 13.0 Å². The smallest absolute Gasteiger partial charge is 0.216 e. The van der Waals surface area contributed by atoms with E-state index in [9.17, 15) is 9.18 Å². The maximum Gasteiger partial charge on any atom is 0.216 e. The van der Waals surface area contributed by atoms with E-state index in [1.807, 2.05) is 0 Å². The molecule has 0 radical (unpaired) electrons. The Balaban J connectivity index is 2.34. The third-order valence-electron chi connectivity index (χ3n) is 2.77. The van der Waals surface area contributed by atoms with Gasteiger partial charge in [-0.05, 0) is 18.6 Å². The molecule has 0 fully saturated rings. The van der Waals surface area contributed by atoms with Gasteiger partial charge in [-0.15, -0.1) is 0 Å². The molecule has 0 atom stereocenters. The fourth-order valence-corrected chi connectivity index (χ4v) is 1.85. The number of nitrogen functional groups attached to an aromatic ring is 1. The molecule has 1 heterocycles. The minimum Gasteiger partial charge on any atom is -0.369 e. The Labute approximate surface area is 104 Å². The lowest BCUT2D eigenvalue weighted by atomic mass is 10.2. The van der Waals surface area contributed by atoms with Crippen LogP contribution in [0.15, 0.2) is 12.1 Å². The molecule has 0 saturated carbocycles. The maximum absolute atomic E-state index is 13.4. The van der Waals surface area contributed by atoms with Crippen molar-refractivity contribution in [3.8, 4) is 0 Å². The summed E-state index contributed by atoms with van der Waals surface area (Å²) in [6.45, 7) is 4.11. The maximum atomic E-state index is 13.4. The first-order valence-electron chi connectivity index (χ1n) is 5.65. The molecule has 96 valence electrons. The van der Waals surface area contributed by atoms with Crippen LogP contribution in [0, 0.1) is 12.7 Å². The zero-order valence-electron chi connectivity index (χ0n) is 10.3. The van der Waals surface area contributed by atoms with Crippen molar-refractivity contribution in [2.75, 3.05) is 12.3 Å². The quantitative estimate of drug-likeness (QED) is 0.859. The van der Waals surface area contributed by atoms with Gasteiger partial charge in [0.25, 0.3) is 0 Å². The summed E-state index contributed by atoms with van der Waals surface area (Å²) in [5, 5.41) is 2.68. The number of carbonyl (C=O) groups is 1. The molecule has 0 unspecified atom stereocenters. The summed E-state index contributed by atoms with van der Waals surface area (Å²) in [5.74, 6) is -0.0745. The summed E-state index contributed by atoms with van der Waals surface area (Å²) in [6.07, 6.45) is 0. The van der Waals surface area contributed by atoms with E-state index in [2.05, 4.69) is 10.3 Å². The molecule has 2 aromatic rings. The topological polar surface area (TPSA) is 72.9 Å². The normalized spacial score (nSPS) is 10.8. The summed E-state index contributed by atoms with van der Waals surface area (Å²) in [7, 11) is 0. The van der Waals surface area contributed by atoms with Crippen molar-refractivity contribution in [3.63, 3.8) is 0 Å². The Bertz CT molecular complexity index is 606. The van der Waals surface area contributed by atoms with Gasteiger partial charge < -0.3 is 15.6 Å². The lowest BCUT2D eigenvalue weighted by Gasteiger charge is -2.07. The summed E-state index contributed by atoms with van der Waals surface area (Å²) >= 11 is 0. The molecule has 5 nitrogen and oxygen atoms in total. The number of amides is 1. The van der Waals surface area contributed by atoms with Crippen LogP contribution < -0.4 is 11.1 Å². The van der Waals surface area contributed by atoms with Gasteiger partial charge >= 0.3 is 0 Å². The molecule has 3 N–H and O–H groups in total. The average molecular weight is 250 g/mol. The molecule has 0 aliphatic carbocycles. The van der Waals surface area contributed by atoms with Crippen molar-refractivity contribution in [1.29, 1.82) is 0 Å². The Morgan fingerprint density at radius 2 is 2.28 bits per heavy atom. The van der Waals surface area contributed by atoms with Gasteiger partial charge in [-0.2, -0.15) is 0 Å². The number of nitrogens with one attached hydrogen (secondary N) is 1. The molecule has 1 aromatic carbocycles. The lowest BCUT2D eigenvalue weighted by molar-refractivity contribution is -0.118. The Kier molecular flexibility index (Phi) is 3.18. The van der Waals surface area contributed by atoms with Crippen LogP contribution in [-0.4, -0.2) is 22.0 Å². The molecule has 0 bridgehead atoms. The largest absolute Gasteiger partial charge is 0.369 e. The number of nitrogens with two attached hydrogens (primary N) is 1. The molecular weight excluding hydrogens is 235 g/mol. The Hall–Kier alpha value is -2.11. The number of hydrogen-bond acceptors (Lipinski definition) is 3. The van der Waals surface area contributed by atoms with E-state index in [0.717, 1.165) is 5.52 Å². The van der Waals surface area contributed by atoms with Gasteiger partial charge in [-0.3, -0.25) is 4.79 Å². The van der Waals surface area contributed by atoms with E-state index in [-0.39, 0.29) is 11.7 Å². The minimum atomic E-state index is -0.297. The van der Waals surface area contributed by atoms with Crippen LogP contribution in [0.5, 0.6) is 0 Å². The molecule has 6 heteroatoms. The van der Waals surface area contributed by atoms with Crippen LogP contribution in [-0.2, 0) is 11.3 Å². The standard InChI is InChI=1S/C12H15FN4O/c1-7-5-11-10(6-9(7)13)16-12(14)17(11)4-3-15-8(2)18/h5-6H,3-4H2,1-2H3,(H2,14,16)(H,15,18). The van der Waals surface area contributed by atoms with Gasteiger partial charge in [0.1, 0.15) is 5.82 Å². The van der Waals surface area contributed by atoms with Crippen LogP contribution in [0.2, 0.25) is 0 Å². The molecule has 1 aromatic heterocycles. The number of rotatable bonds is 3. The molecule has 0 aliphatic heterocycles. The van der Waals surface area contributed by atoms with Crippen LogP contribution in [0.25, 0.3) is 11.0 Å².